The Morgan fingerprint density at radius 1 is 0.437 bits per heavy atom. The Bertz CT molecular complexity index is 3990. The third kappa shape index (κ3) is 6.48. The van der Waals surface area contributed by atoms with Crippen LogP contribution in [0.15, 0.2) is 200 Å². The summed E-state index contributed by atoms with van der Waals surface area (Å²) in [6.45, 7) is 14.6. The predicted molar refractivity (Wildman–Crippen MR) is 296 cm³/mol. The monoisotopic (exact) mass is 917 g/mol. The van der Waals surface area contributed by atoms with Crippen LogP contribution in [0.3, 0.4) is 0 Å². The first-order chi connectivity index (χ1) is 34.5. The lowest BCUT2D eigenvalue weighted by molar-refractivity contribution is 0.125. The first kappa shape index (κ1) is 42.9. The molecule has 0 radical (unpaired) electrons. The number of hydrogen-bond acceptors (Lipinski definition) is 3. The van der Waals surface area contributed by atoms with Crippen LogP contribution < -0.4 is 0 Å². The van der Waals surface area contributed by atoms with Gasteiger partial charge in [-0.15, -0.1) is 0 Å². The van der Waals surface area contributed by atoms with Gasteiger partial charge in [-0.25, -0.2) is 4.98 Å². The van der Waals surface area contributed by atoms with Gasteiger partial charge in [0, 0.05) is 38.4 Å². The minimum atomic E-state index is 0.0141. The highest BCUT2D eigenvalue weighted by Crippen LogP contribution is 2.63. The highest BCUT2D eigenvalue weighted by atomic mass is 15.2. The fourth-order valence-corrected chi connectivity index (χ4v) is 12.1. The molecule has 3 heterocycles. The Labute approximate surface area is 415 Å². The number of aromatic nitrogens is 5. The Kier molecular flexibility index (Phi) is 9.64. The third-order valence-corrected chi connectivity index (χ3v) is 17.0. The summed E-state index contributed by atoms with van der Waals surface area (Å²) < 4.78 is 4.71. The molecule has 0 aliphatic heterocycles. The van der Waals surface area contributed by atoms with Crippen LogP contribution in [0.5, 0.6) is 0 Å². The van der Waals surface area contributed by atoms with Gasteiger partial charge in [-0.2, -0.15) is 9.97 Å². The van der Waals surface area contributed by atoms with Gasteiger partial charge < -0.3 is 4.57 Å². The summed E-state index contributed by atoms with van der Waals surface area (Å²) in [6, 6.07) is 66.1. The SMILES string of the molecule is CC1(C)c2cccc(-c3ccc(-c4ccc(-n5c6ccccc6c6ccc7c8ccccc8n(-c8nc(-c9ccccc9)nc(-c9cccc(C%10=CC=CCC%10)c9)n8)c7c65)cc4)cc3)c2C(C)(C)C1(C)C. The maximum Gasteiger partial charge on any atom is 0.238 e. The highest BCUT2D eigenvalue weighted by Gasteiger charge is 2.57. The number of nitrogens with zero attached hydrogens (tertiary/aromatic N) is 5. The van der Waals surface area contributed by atoms with E-state index in [1.165, 1.54) is 55.3 Å². The normalized spacial score (nSPS) is 15.7. The maximum atomic E-state index is 5.43. The largest absolute Gasteiger partial charge is 0.307 e. The van der Waals surface area contributed by atoms with E-state index in [2.05, 4.69) is 233 Å². The van der Waals surface area contributed by atoms with E-state index in [1.807, 2.05) is 18.2 Å². The van der Waals surface area contributed by atoms with Crippen LogP contribution in [0.2, 0.25) is 0 Å². The minimum Gasteiger partial charge on any atom is -0.307 e. The summed E-state index contributed by atoms with van der Waals surface area (Å²) in [6.07, 6.45) is 8.65. The smallest absolute Gasteiger partial charge is 0.238 e. The molecule has 11 aromatic rings. The molecular formula is C66H55N5. The van der Waals surface area contributed by atoms with Crippen molar-refractivity contribution in [2.75, 3.05) is 0 Å². The van der Waals surface area contributed by atoms with Gasteiger partial charge in [0.05, 0.1) is 22.1 Å². The molecule has 0 saturated carbocycles. The molecule has 0 atom stereocenters. The molecule has 71 heavy (non-hydrogen) atoms. The fraction of sp³-hybridized carbons (Fsp3) is 0.167. The van der Waals surface area contributed by atoms with E-state index >= 15 is 0 Å². The summed E-state index contributed by atoms with van der Waals surface area (Å²) in [5, 5.41) is 4.63. The standard InChI is InChI=1S/C66H55N5/c1-64(2)55-28-18-27-50(58(55)65(3,4)66(64,5)6)45-33-31-43(32-34-45)44-35-37-49(38-36-44)70-56-29-15-13-25-51(56)53-39-40-54-52-26-14-16-30-57(52)71(60(54)59(53)70)63-68-61(46-21-11-8-12-22-46)67-62(69-63)48-24-17-23-47(41-48)42-19-9-7-10-20-42/h7-9,11-19,21-41H,10,20H2,1-6H3. The van der Waals surface area contributed by atoms with E-state index in [-0.39, 0.29) is 16.2 Å². The topological polar surface area (TPSA) is 48.5 Å². The summed E-state index contributed by atoms with van der Waals surface area (Å²) in [5.41, 5.74) is 17.9. The minimum absolute atomic E-state index is 0.0141. The number of hydrogen-bond donors (Lipinski definition) is 0. The molecule has 344 valence electrons. The van der Waals surface area contributed by atoms with Crippen molar-refractivity contribution >= 4 is 49.2 Å². The Hall–Kier alpha value is -8.15. The van der Waals surface area contributed by atoms with Gasteiger partial charge in [0.25, 0.3) is 0 Å². The van der Waals surface area contributed by atoms with Crippen molar-refractivity contribution in [3.05, 3.63) is 217 Å². The molecule has 5 nitrogen and oxygen atoms in total. The summed E-state index contributed by atoms with van der Waals surface area (Å²) in [4.78, 5) is 16.0. The maximum absolute atomic E-state index is 5.43. The van der Waals surface area contributed by atoms with E-state index in [0.717, 1.165) is 62.5 Å². The number of para-hydroxylation sites is 2. The van der Waals surface area contributed by atoms with E-state index in [0.29, 0.717) is 17.6 Å². The van der Waals surface area contributed by atoms with Crippen LogP contribution >= 0.6 is 0 Å². The van der Waals surface area contributed by atoms with Crippen LogP contribution in [0, 0.1) is 5.41 Å². The van der Waals surface area contributed by atoms with Gasteiger partial charge in [0.1, 0.15) is 0 Å². The molecule has 0 fully saturated rings. The van der Waals surface area contributed by atoms with E-state index in [1.54, 1.807) is 0 Å². The van der Waals surface area contributed by atoms with Gasteiger partial charge in [0.15, 0.2) is 11.6 Å². The molecule has 5 heteroatoms. The average Bonchev–Trinajstić information content (AvgIpc) is 3.97. The lowest BCUT2D eigenvalue weighted by Gasteiger charge is -2.44. The van der Waals surface area contributed by atoms with Crippen LogP contribution in [-0.2, 0) is 10.8 Å². The molecule has 0 amide bonds. The highest BCUT2D eigenvalue weighted by molar-refractivity contribution is 6.23. The number of rotatable bonds is 7. The van der Waals surface area contributed by atoms with Gasteiger partial charge in [0.2, 0.25) is 5.95 Å². The van der Waals surface area contributed by atoms with Crippen molar-refractivity contribution in [3.63, 3.8) is 0 Å². The first-order valence-electron chi connectivity index (χ1n) is 25.1. The molecule has 2 aliphatic carbocycles. The fourth-order valence-electron chi connectivity index (χ4n) is 12.1. The number of benzene rings is 8. The van der Waals surface area contributed by atoms with Gasteiger partial charge in [-0.3, -0.25) is 4.57 Å². The van der Waals surface area contributed by atoms with Gasteiger partial charge in [-0.1, -0.05) is 211 Å². The van der Waals surface area contributed by atoms with Crippen LogP contribution in [0.1, 0.15) is 71.1 Å². The summed E-state index contributed by atoms with van der Waals surface area (Å²) in [5.74, 6) is 1.83. The Morgan fingerprint density at radius 3 is 1.68 bits per heavy atom. The molecule has 8 aromatic carbocycles. The van der Waals surface area contributed by atoms with E-state index < -0.39 is 0 Å². The van der Waals surface area contributed by atoms with Gasteiger partial charge in [-0.05, 0) is 104 Å². The third-order valence-electron chi connectivity index (χ3n) is 17.0. The van der Waals surface area contributed by atoms with Crippen LogP contribution in [0.4, 0.5) is 0 Å². The second kappa shape index (κ2) is 15.9. The van der Waals surface area contributed by atoms with E-state index in [9.17, 15) is 0 Å². The number of fused-ring (bicyclic) bond motifs is 8. The Balaban J connectivity index is 0.975. The molecule has 3 aromatic heterocycles. The second-order valence-corrected chi connectivity index (χ2v) is 21.2. The van der Waals surface area contributed by atoms with Gasteiger partial charge >= 0.3 is 0 Å². The second-order valence-electron chi connectivity index (χ2n) is 21.2. The molecule has 0 saturated heterocycles. The van der Waals surface area contributed by atoms with Crippen LogP contribution in [-0.4, -0.2) is 24.1 Å². The molecule has 0 unspecified atom stereocenters. The van der Waals surface area contributed by atoms with Crippen molar-refractivity contribution in [1.29, 1.82) is 0 Å². The van der Waals surface area contributed by atoms with Crippen molar-refractivity contribution in [2.45, 2.75) is 65.2 Å². The van der Waals surface area contributed by atoms with Crippen molar-refractivity contribution in [1.82, 2.24) is 24.1 Å². The zero-order valence-corrected chi connectivity index (χ0v) is 41.2. The summed E-state index contributed by atoms with van der Waals surface area (Å²) >= 11 is 0. The lowest BCUT2D eigenvalue weighted by Crippen LogP contribution is -2.42. The zero-order valence-electron chi connectivity index (χ0n) is 41.2. The van der Waals surface area contributed by atoms with Crippen molar-refractivity contribution in [3.8, 4) is 56.7 Å². The van der Waals surface area contributed by atoms with Crippen molar-refractivity contribution in [2.24, 2.45) is 5.41 Å². The predicted octanol–water partition coefficient (Wildman–Crippen LogP) is 17.1. The van der Waals surface area contributed by atoms with Crippen molar-refractivity contribution < 1.29 is 0 Å². The quantitative estimate of drug-likeness (QED) is 0.160. The molecule has 2 aliphatic rings. The zero-order chi connectivity index (χ0) is 48.2. The first-order valence-corrected chi connectivity index (χ1v) is 25.1. The Morgan fingerprint density at radius 2 is 1.00 bits per heavy atom. The molecule has 13 rings (SSSR count). The molecular weight excluding hydrogens is 863 g/mol. The average molecular weight is 918 g/mol. The lowest BCUT2D eigenvalue weighted by atomic mass is 9.59. The summed E-state index contributed by atoms with van der Waals surface area (Å²) in [7, 11) is 0. The molecule has 0 bridgehead atoms. The number of allylic oxidation sites excluding steroid dienone is 4. The van der Waals surface area contributed by atoms with E-state index in [4.69, 9.17) is 15.0 Å². The molecule has 0 spiro atoms. The molecule has 0 N–H and O–H groups in total. The van der Waals surface area contributed by atoms with Crippen LogP contribution in [0.25, 0.3) is 106 Å².